The highest BCUT2D eigenvalue weighted by Crippen LogP contribution is 2.36. The number of nitrogens with zero attached hydrogens (tertiary/aromatic N) is 4. The first-order chi connectivity index (χ1) is 18.8. The van der Waals surface area contributed by atoms with Crippen LogP contribution in [0.25, 0.3) is 0 Å². The summed E-state index contributed by atoms with van der Waals surface area (Å²) in [5, 5.41) is 0. The molecule has 0 atom stereocenters. The largest absolute Gasteiger partial charge is 0.418 e. The molecule has 5 nitrogen and oxygen atoms in total. The Morgan fingerprint density at radius 2 is 1.41 bits per heavy atom. The van der Waals surface area contributed by atoms with Crippen LogP contribution in [0.1, 0.15) is 40.9 Å². The maximum atomic E-state index is 13.8. The number of hydrogen-bond donors (Lipinski definition) is 0. The van der Waals surface area contributed by atoms with E-state index in [1.54, 1.807) is 35.2 Å². The lowest BCUT2D eigenvalue weighted by atomic mass is 10.1. The number of amidine groups is 1. The van der Waals surface area contributed by atoms with E-state index in [0.717, 1.165) is 32.1 Å². The van der Waals surface area contributed by atoms with Crippen molar-refractivity contribution in [3.63, 3.8) is 0 Å². The third kappa shape index (κ3) is 7.26. The van der Waals surface area contributed by atoms with Gasteiger partial charge in [-0.15, -0.1) is 0 Å². The van der Waals surface area contributed by atoms with Gasteiger partial charge in [-0.2, -0.15) is 13.2 Å². The van der Waals surface area contributed by atoms with Crippen LogP contribution >= 0.6 is 0 Å². The van der Waals surface area contributed by atoms with Gasteiger partial charge in [-0.05, 0) is 50.1 Å². The molecule has 0 spiro atoms. The quantitative estimate of drug-likeness (QED) is 0.257. The molecule has 1 aliphatic heterocycles. The van der Waals surface area contributed by atoms with Crippen LogP contribution in [-0.2, 0) is 12.6 Å². The summed E-state index contributed by atoms with van der Waals surface area (Å²) >= 11 is 0. The number of hydrogen-bond acceptors (Lipinski definition) is 3. The minimum Gasteiger partial charge on any atom is -0.354 e. The highest BCUT2D eigenvalue weighted by molar-refractivity contribution is 6.02. The summed E-state index contributed by atoms with van der Waals surface area (Å²) in [5.41, 5.74) is 1.63. The van der Waals surface area contributed by atoms with Gasteiger partial charge in [0, 0.05) is 56.9 Å². The predicted molar refractivity (Wildman–Crippen MR) is 149 cm³/mol. The number of carbonyl (C=O) groups is 1. The third-order valence-electron chi connectivity index (χ3n) is 7.11. The Morgan fingerprint density at radius 1 is 0.821 bits per heavy atom. The Morgan fingerprint density at radius 3 is 2.03 bits per heavy atom. The number of carbonyl (C=O) groups excluding carboxylic acids is 1. The van der Waals surface area contributed by atoms with Crippen LogP contribution in [0.15, 0.2) is 83.9 Å². The molecule has 1 saturated heterocycles. The average molecular weight is 537 g/mol. The van der Waals surface area contributed by atoms with E-state index >= 15 is 0 Å². The number of rotatable bonds is 8. The van der Waals surface area contributed by atoms with E-state index in [-0.39, 0.29) is 11.6 Å². The van der Waals surface area contributed by atoms with E-state index in [2.05, 4.69) is 22.0 Å². The average Bonchev–Trinajstić information content (AvgIpc) is 2.96. The highest BCUT2D eigenvalue weighted by Gasteiger charge is 2.33. The van der Waals surface area contributed by atoms with Gasteiger partial charge in [0.05, 0.1) is 11.3 Å². The number of amides is 1. The molecule has 206 valence electrons. The highest BCUT2D eigenvalue weighted by atomic mass is 19.4. The standard InChI is InChI=1S/C31H35F3N4O/c1-3-37(4-2)30(39)26-16-14-25(15-17-26)29(35-28-13-9-8-12-27(28)31(32,33)34)38-22-20-36(21-23-38)19-18-24-10-6-5-7-11-24/h5-17H,3-4,18-23H2,1-2H3. The molecular formula is C31H35F3N4O. The van der Waals surface area contributed by atoms with Gasteiger partial charge in [-0.3, -0.25) is 9.69 Å². The van der Waals surface area contributed by atoms with Gasteiger partial charge in [0.15, 0.2) is 0 Å². The molecule has 0 unspecified atom stereocenters. The van der Waals surface area contributed by atoms with Crippen molar-refractivity contribution in [3.05, 3.63) is 101 Å². The second-order valence-corrected chi connectivity index (χ2v) is 9.57. The van der Waals surface area contributed by atoms with Crippen LogP contribution in [0.5, 0.6) is 0 Å². The molecular weight excluding hydrogens is 501 g/mol. The predicted octanol–water partition coefficient (Wildman–Crippen LogP) is 6.13. The Balaban J connectivity index is 1.59. The van der Waals surface area contributed by atoms with Gasteiger partial charge in [0.25, 0.3) is 5.91 Å². The summed E-state index contributed by atoms with van der Waals surface area (Å²) in [5.74, 6) is 0.413. The monoisotopic (exact) mass is 536 g/mol. The van der Waals surface area contributed by atoms with E-state index in [9.17, 15) is 18.0 Å². The lowest BCUT2D eigenvalue weighted by Crippen LogP contribution is -2.49. The summed E-state index contributed by atoms with van der Waals surface area (Å²) in [6, 6.07) is 22.8. The summed E-state index contributed by atoms with van der Waals surface area (Å²) in [7, 11) is 0. The molecule has 8 heteroatoms. The van der Waals surface area contributed by atoms with Gasteiger partial charge >= 0.3 is 6.18 Å². The van der Waals surface area contributed by atoms with Gasteiger partial charge < -0.3 is 9.80 Å². The fourth-order valence-electron chi connectivity index (χ4n) is 4.81. The number of aliphatic imine (C=N–C) groups is 1. The van der Waals surface area contributed by atoms with Crippen molar-refractivity contribution in [3.8, 4) is 0 Å². The third-order valence-corrected chi connectivity index (χ3v) is 7.11. The number of para-hydroxylation sites is 1. The van der Waals surface area contributed by atoms with Crippen molar-refractivity contribution < 1.29 is 18.0 Å². The minimum absolute atomic E-state index is 0.0699. The van der Waals surface area contributed by atoms with Crippen LogP contribution in [0.2, 0.25) is 0 Å². The molecule has 1 aliphatic rings. The SMILES string of the molecule is CCN(CC)C(=O)c1ccc(C(=Nc2ccccc2C(F)(F)F)N2CCN(CCc3ccccc3)CC2)cc1. The summed E-state index contributed by atoms with van der Waals surface area (Å²) in [4.78, 5) is 23.5. The number of alkyl halides is 3. The molecule has 0 radical (unpaired) electrons. The maximum absolute atomic E-state index is 13.8. The normalized spacial score (nSPS) is 14.9. The molecule has 0 N–H and O–H groups in total. The minimum atomic E-state index is -4.51. The van der Waals surface area contributed by atoms with Crippen molar-refractivity contribution in [1.29, 1.82) is 0 Å². The first-order valence-corrected chi connectivity index (χ1v) is 13.5. The second-order valence-electron chi connectivity index (χ2n) is 9.57. The van der Waals surface area contributed by atoms with Gasteiger partial charge in [0.1, 0.15) is 5.84 Å². The van der Waals surface area contributed by atoms with Crippen LogP contribution in [0, 0.1) is 0 Å². The zero-order valence-electron chi connectivity index (χ0n) is 22.5. The Labute approximate surface area is 228 Å². The molecule has 0 aromatic heterocycles. The summed E-state index contributed by atoms with van der Waals surface area (Å²) in [6.45, 7) is 8.83. The lowest BCUT2D eigenvalue weighted by molar-refractivity contribution is -0.137. The Kier molecular flexibility index (Phi) is 9.41. The maximum Gasteiger partial charge on any atom is 0.418 e. The van der Waals surface area contributed by atoms with Crippen molar-refractivity contribution in [2.45, 2.75) is 26.4 Å². The molecule has 1 fully saturated rings. The first kappa shape index (κ1) is 28.4. The fraction of sp³-hybridized carbons (Fsp3) is 0.355. The molecule has 0 saturated carbocycles. The van der Waals surface area contributed by atoms with E-state index < -0.39 is 11.7 Å². The molecule has 1 heterocycles. The van der Waals surface area contributed by atoms with E-state index in [1.165, 1.54) is 17.7 Å². The topological polar surface area (TPSA) is 39.2 Å². The summed E-state index contributed by atoms with van der Waals surface area (Å²) in [6.07, 6.45) is -3.57. The van der Waals surface area contributed by atoms with Crippen LogP contribution in [0.4, 0.5) is 18.9 Å². The van der Waals surface area contributed by atoms with Gasteiger partial charge in [-0.1, -0.05) is 54.6 Å². The second kappa shape index (κ2) is 12.9. The summed E-state index contributed by atoms with van der Waals surface area (Å²) < 4.78 is 41.3. The number of halogens is 3. The van der Waals surface area contributed by atoms with Crippen molar-refractivity contribution in [2.24, 2.45) is 4.99 Å². The molecule has 0 bridgehead atoms. The molecule has 3 aromatic rings. The molecule has 4 rings (SSSR count). The lowest BCUT2D eigenvalue weighted by Gasteiger charge is -2.36. The van der Waals surface area contributed by atoms with E-state index in [0.29, 0.717) is 43.1 Å². The van der Waals surface area contributed by atoms with E-state index in [1.807, 2.05) is 36.9 Å². The van der Waals surface area contributed by atoms with Crippen LogP contribution < -0.4 is 0 Å². The van der Waals surface area contributed by atoms with Crippen molar-refractivity contribution in [1.82, 2.24) is 14.7 Å². The zero-order valence-corrected chi connectivity index (χ0v) is 22.5. The van der Waals surface area contributed by atoms with Crippen molar-refractivity contribution >= 4 is 17.4 Å². The molecule has 0 aliphatic carbocycles. The van der Waals surface area contributed by atoms with Crippen LogP contribution in [0.3, 0.4) is 0 Å². The molecule has 39 heavy (non-hydrogen) atoms. The van der Waals surface area contributed by atoms with Crippen molar-refractivity contribution in [2.75, 3.05) is 45.8 Å². The Bertz CT molecular complexity index is 1250. The van der Waals surface area contributed by atoms with Gasteiger partial charge in [0.2, 0.25) is 0 Å². The van der Waals surface area contributed by atoms with Gasteiger partial charge in [-0.25, -0.2) is 4.99 Å². The molecule has 1 amide bonds. The smallest absolute Gasteiger partial charge is 0.354 e. The Hall–Kier alpha value is -3.65. The fourth-order valence-corrected chi connectivity index (χ4v) is 4.81. The number of piperazine rings is 1. The number of benzene rings is 3. The van der Waals surface area contributed by atoms with E-state index in [4.69, 9.17) is 0 Å². The zero-order chi connectivity index (χ0) is 27.8. The van der Waals surface area contributed by atoms with Crippen LogP contribution in [-0.4, -0.2) is 72.3 Å². The first-order valence-electron chi connectivity index (χ1n) is 13.5. The molecule has 3 aromatic carbocycles.